The number of para-hydroxylation sites is 2. The van der Waals surface area contributed by atoms with Gasteiger partial charge in [-0.15, -0.1) is 24.8 Å². The number of hydrogen-bond donors (Lipinski definition) is 3. The monoisotopic (exact) mass is 403 g/mol. The molecule has 2 aliphatic heterocycles. The van der Waals surface area contributed by atoms with Gasteiger partial charge in [0.15, 0.2) is 0 Å². The summed E-state index contributed by atoms with van der Waals surface area (Å²) in [4.78, 5) is 14.6. The lowest BCUT2D eigenvalue weighted by atomic mass is 9.93. The van der Waals surface area contributed by atoms with Crippen LogP contribution in [0.4, 0.5) is 11.4 Å². The first-order valence-electron chi connectivity index (χ1n) is 9.25. The Kier molecular flexibility index (Phi) is 10.3. The molecule has 2 heterocycles. The highest BCUT2D eigenvalue weighted by Crippen LogP contribution is 2.28. The van der Waals surface area contributed by atoms with E-state index >= 15 is 0 Å². The Balaban J connectivity index is 0.00000169. The Morgan fingerprint density at radius 2 is 1.77 bits per heavy atom. The maximum atomic E-state index is 12.4. The van der Waals surface area contributed by atoms with E-state index in [9.17, 15) is 9.90 Å². The van der Waals surface area contributed by atoms with Crippen LogP contribution in [0.1, 0.15) is 38.5 Å². The first kappa shape index (κ1) is 23.0. The second-order valence-electron chi connectivity index (χ2n) is 7.02. The van der Waals surface area contributed by atoms with E-state index in [-0.39, 0.29) is 36.8 Å². The highest BCUT2D eigenvalue weighted by molar-refractivity contribution is 5.94. The summed E-state index contributed by atoms with van der Waals surface area (Å²) in [5.74, 6) is 0.786. The molecule has 5 nitrogen and oxygen atoms in total. The molecular weight excluding hydrogens is 373 g/mol. The molecule has 0 atom stereocenters. The Morgan fingerprint density at radius 3 is 2.46 bits per heavy atom. The van der Waals surface area contributed by atoms with Gasteiger partial charge in [0.2, 0.25) is 5.91 Å². The highest BCUT2D eigenvalue weighted by atomic mass is 35.5. The van der Waals surface area contributed by atoms with E-state index in [4.69, 9.17) is 0 Å². The lowest BCUT2D eigenvalue weighted by Gasteiger charge is -2.32. The molecule has 1 aromatic rings. The molecule has 0 aromatic heterocycles. The van der Waals surface area contributed by atoms with Crippen LogP contribution in [0, 0.1) is 5.92 Å². The van der Waals surface area contributed by atoms with Crippen molar-refractivity contribution >= 4 is 42.1 Å². The number of aliphatic hydroxyl groups excluding tert-OH is 1. The van der Waals surface area contributed by atoms with Crippen molar-refractivity contribution in [2.75, 3.05) is 36.4 Å². The molecule has 0 aliphatic carbocycles. The number of nitrogens with zero attached hydrogens (tertiary/aromatic N) is 1. The largest absolute Gasteiger partial charge is 0.393 e. The number of nitrogens with one attached hydrogen (secondary N) is 2. The first-order chi connectivity index (χ1) is 11.7. The molecule has 2 fully saturated rings. The van der Waals surface area contributed by atoms with Crippen LogP contribution in [-0.2, 0) is 4.79 Å². The summed E-state index contributed by atoms with van der Waals surface area (Å²) in [6.07, 6.45) is 5.33. The fourth-order valence-electron chi connectivity index (χ4n) is 3.68. The van der Waals surface area contributed by atoms with Gasteiger partial charge in [-0.3, -0.25) is 4.79 Å². The summed E-state index contributed by atoms with van der Waals surface area (Å²) in [6.45, 7) is 3.83. The summed E-state index contributed by atoms with van der Waals surface area (Å²) in [5, 5.41) is 16.1. The van der Waals surface area contributed by atoms with Crippen LogP contribution in [0.25, 0.3) is 0 Å². The number of hydrogen-bond acceptors (Lipinski definition) is 4. The quantitative estimate of drug-likeness (QED) is 0.705. The predicted molar refractivity (Wildman–Crippen MR) is 112 cm³/mol. The Labute approximate surface area is 168 Å². The van der Waals surface area contributed by atoms with Crippen molar-refractivity contribution in [3.05, 3.63) is 24.3 Å². The van der Waals surface area contributed by atoms with Crippen LogP contribution in [0.15, 0.2) is 24.3 Å². The van der Waals surface area contributed by atoms with E-state index in [1.165, 1.54) is 12.8 Å². The Bertz CT molecular complexity index is 545. The maximum Gasteiger partial charge on any atom is 0.224 e. The van der Waals surface area contributed by atoms with Crippen molar-refractivity contribution < 1.29 is 9.90 Å². The van der Waals surface area contributed by atoms with Crippen molar-refractivity contribution in [1.29, 1.82) is 0 Å². The third-order valence-corrected chi connectivity index (χ3v) is 5.22. The minimum atomic E-state index is -0.187. The van der Waals surface area contributed by atoms with Crippen LogP contribution in [0.5, 0.6) is 0 Å². The van der Waals surface area contributed by atoms with Crippen LogP contribution < -0.4 is 15.5 Å². The molecule has 2 aliphatic rings. The molecule has 3 N–H and O–H groups in total. The number of piperidine rings is 2. The van der Waals surface area contributed by atoms with E-state index in [1.54, 1.807) is 0 Å². The van der Waals surface area contributed by atoms with Crippen LogP contribution >= 0.6 is 24.8 Å². The molecule has 0 bridgehead atoms. The van der Waals surface area contributed by atoms with Gasteiger partial charge >= 0.3 is 0 Å². The fraction of sp³-hybridized carbons (Fsp3) is 0.632. The van der Waals surface area contributed by atoms with Gasteiger partial charge in [0.25, 0.3) is 0 Å². The smallest absolute Gasteiger partial charge is 0.224 e. The lowest BCUT2D eigenvalue weighted by Crippen LogP contribution is -2.36. The lowest BCUT2D eigenvalue weighted by molar-refractivity contribution is -0.116. The first-order valence-corrected chi connectivity index (χ1v) is 9.25. The van der Waals surface area contributed by atoms with Crippen molar-refractivity contribution in [2.24, 2.45) is 5.92 Å². The number of anilines is 2. The number of halogens is 2. The zero-order chi connectivity index (χ0) is 16.8. The standard InChI is InChI=1S/C19H29N3O2.2ClH/c23-16-9-13-22(14-10-16)18-4-2-1-3-17(18)21-19(24)6-5-15-7-11-20-12-8-15;;/h1-4,15-16,20,23H,5-14H2,(H,21,24);2*1H. The molecule has 2 saturated heterocycles. The fourth-order valence-corrected chi connectivity index (χ4v) is 3.68. The minimum absolute atomic E-state index is 0. The van der Waals surface area contributed by atoms with Gasteiger partial charge in [-0.2, -0.15) is 0 Å². The Morgan fingerprint density at radius 1 is 1.12 bits per heavy atom. The predicted octanol–water partition coefficient (Wildman–Crippen LogP) is 3.21. The molecule has 148 valence electrons. The molecule has 0 unspecified atom stereocenters. The molecule has 7 heteroatoms. The summed E-state index contributed by atoms with van der Waals surface area (Å²) < 4.78 is 0. The van der Waals surface area contributed by atoms with Gasteiger partial charge in [-0.1, -0.05) is 12.1 Å². The normalized spacial score (nSPS) is 18.6. The van der Waals surface area contributed by atoms with Crippen LogP contribution in [0.2, 0.25) is 0 Å². The van der Waals surface area contributed by atoms with Gasteiger partial charge in [0.1, 0.15) is 0 Å². The zero-order valence-corrected chi connectivity index (χ0v) is 16.8. The van der Waals surface area contributed by atoms with E-state index < -0.39 is 0 Å². The van der Waals surface area contributed by atoms with E-state index in [2.05, 4.69) is 21.6 Å². The SMILES string of the molecule is Cl.Cl.O=C(CCC1CCNCC1)Nc1ccccc1N1CCC(O)CC1. The molecular formula is C19H31Cl2N3O2. The van der Waals surface area contributed by atoms with E-state index in [0.717, 1.165) is 56.8 Å². The second-order valence-corrected chi connectivity index (χ2v) is 7.02. The average molecular weight is 404 g/mol. The number of rotatable bonds is 5. The maximum absolute atomic E-state index is 12.4. The molecule has 3 rings (SSSR count). The van der Waals surface area contributed by atoms with Gasteiger partial charge < -0.3 is 20.6 Å². The number of carbonyl (C=O) groups is 1. The average Bonchev–Trinajstić information content (AvgIpc) is 2.62. The van der Waals surface area contributed by atoms with E-state index in [0.29, 0.717) is 12.3 Å². The number of aliphatic hydroxyl groups is 1. The van der Waals surface area contributed by atoms with Gasteiger partial charge in [0.05, 0.1) is 17.5 Å². The molecule has 0 radical (unpaired) electrons. The van der Waals surface area contributed by atoms with Crippen LogP contribution in [0.3, 0.4) is 0 Å². The minimum Gasteiger partial charge on any atom is -0.393 e. The van der Waals surface area contributed by atoms with Gasteiger partial charge in [-0.05, 0) is 63.2 Å². The summed E-state index contributed by atoms with van der Waals surface area (Å²) in [7, 11) is 0. The number of carbonyl (C=O) groups excluding carboxylic acids is 1. The summed E-state index contributed by atoms with van der Waals surface area (Å²) in [5.41, 5.74) is 1.96. The summed E-state index contributed by atoms with van der Waals surface area (Å²) >= 11 is 0. The van der Waals surface area contributed by atoms with Crippen molar-refractivity contribution in [3.63, 3.8) is 0 Å². The third-order valence-electron chi connectivity index (χ3n) is 5.22. The van der Waals surface area contributed by atoms with Crippen LogP contribution in [-0.4, -0.2) is 43.3 Å². The molecule has 26 heavy (non-hydrogen) atoms. The van der Waals surface area contributed by atoms with E-state index in [1.807, 2.05) is 18.2 Å². The van der Waals surface area contributed by atoms with Crippen molar-refractivity contribution in [1.82, 2.24) is 5.32 Å². The van der Waals surface area contributed by atoms with Gasteiger partial charge in [-0.25, -0.2) is 0 Å². The topological polar surface area (TPSA) is 64.6 Å². The summed E-state index contributed by atoms with van der Waals surface area (Å²) in [6, 6.07) is 8.00. The molecule has 0 saturated carbocycles. The Hall–Kier alpha value is -1.01. The zero-order valence-electron chi connectivity index (χ0n) is 15.2. The van der Waals surface area contributed by atoms with Crippen molar-refractivity contribution in [3.8, 4) is 0 Å². The van der Waals surface area contributed by atoms with Gasteiger partial charge in [0, 0.05) is 19.5 Å². The molecule has 0 spiro atoms. The molecule has 1 amide bonds. The highest BCUT2D eigenvalue weighted by Gasteiger charge is 2.20. The number of amides is 1. The second kappa shape index (κ2) is 11.7. The van der Waals surface area contributed by atoms with Crippen molar-refractivity contribution in [2.45, 2.75) is 44.6 Å². The number of benzene rings is 1. The molecule has 1 aromatic carbocycles. The third kappa shape index (κ3) is 6.62.